The molecule has 0 saturated carbocycles. The van der Waals surface area contributed by atoms with Gasteiger partial charge in [0.15, 0.2) is 0 Å². The number of hydrogen-bond acceptors (Lipinski definition) is 3. The van der Waals surface area contributed by atoms with Crippen LogP contribution in [0.2, 0.25) is 0 Å². The van der Waals surface area contributed by atoms with Crippen LogP contribution < -0.4 is 5.32 Å². The summed E-state index contributed by atoms with van der Waals surface area (Å²) in [5.41, 5.74) is 4.09. The number of aromatic nitrogens is 2. The van der Waals surface area contributed by atoms with Gasteiger partial charge in [-0.05, 0) is 25.5 Å². The average Bonchev–Trinajstić information content (AvgIpc) is 2.93. The molecule has 25 heavy (non-hydrogen) atoms. The second kappa shape index (κ2) is 6.51. The van der Waals surface area contributed by atoms with Crippen LogP contribution in [0.1, 0.15) is 21.6 Å². The maximum atomic E-state index is 12.3. The molecule has 1 aliphatic heterocycles. The Bertz CT molecular complexity index is 778. The second-order valence-electron chi connectivity index (χ2n) is 6.46. The number of likely N-dealkylation sites (tertiary alicyclic amines) is 1. The van der Waals surface area contributed by atoms with Crippen LogP contribution in [0, 0.1) is 13.8 Å². The van der Waals surface area contributed by atoms with E-state index >= 15 is 0 Å². The quantitative estimate of drug-likeness (QED) is 0.889. The lowest BCUT2D eigenvalue weighted by molar-refractivity contribution is -0.155. The Morgan fingerprint density at radius 1 is 1.32 bits per heavy atom. The minimum Gasteiger partial charge on any atom is -0.345 e. The SMILES string of the molecule is Cc1ccc(-c2cc(C(=O)NC3CN(CC(F)(F)F)C3)[nH]n2)c(C)c1. The summed E-state index contributed by atoms with van der Waals surface area (Å²) in [6.07, 6.45) is -4.21. The van der Waals surface area contributed by atoms with Crippen LogP contribution in [0.5, 0.6) is 0 Å². The summed E-state index contributed by atoms with van der Waals surface area (Å²) < 4.78 is 36.8. The summed E-state index contributed by atoms with van der Waals surface area (Å²) in [4.78, 5) is 13.4. The van der Waals surface area contributed by atoms with Crippen LogP contribution >= 0.6 is 0 Å². The third kappa shape index (κ3) is 4.19. The standard InChI is InChI=1S/C17H19F3N4O/c1-10-3-4-13(11(2)5-10)14-6-15(23-22-14)16(25)21-12-7-24(8-12)9-17(18,19)20/h3-6,12H,7-9H2,1-2H3,(H,21,25)(H,22,23). The van der Waals surface area contributed by atoms with E-state index in [4.69, 9.17) is 0 Å². The second-order valence-corrected chi connectivity index (χ2v) is 6.46. The van der Waals surface area contributed by atoms with E-state index < -0.39 is 12.7 Å². The fraction of sp³-hybridized carbons (Fsp3) is 0.412. The van der Waals surface area contributed by atoms with Crippen LogP contribution in [0.3, 0.4) is 0 Å². The minimum absolute atomic E-state index is 0.198. The minimum atomic E-state index is -4.21. The lowest BCUT2D eigenvalue weighted by Crippen LogP contribution is -2.60. The lowest BCUT2D eigenvalue weighted by atomic mass is 10.0. The predicted molar refractivity (Wildman–Crippen MR) is 87.2 cm³/mol. The molecule has 3 rings (SSSR count). The Balaban J connectivity index is 1.59. The number of nitrogens with one attached hydrogen (secondary N) is 2. The Hall–Kier alpha value is -2.35. The maximum absolute atomic E-state index is 12.3. The van der Waals surface area contributed by atoms with Crippen molar-refractivity contribution in [2.24, 2.45) is 0 Å². The molecular weight excluding hydrogens is 333 g/mol. The number of aromatic amines is 1. The van der Waals surface area contributed by atoms with Gasteiger partial charge in [0, 0.05) is 18.7 Å². The van der Waals surface area contributed by atoms with Gasteiger partial charge in [0.25, 0.3) is 5.91 Å². The Kier molecular flexibility index (Phi) is 4.55. The van der Waals surface area contributed by atoms with Crippen LogP contribution in [0.15, 0.2) is 24.3 Å². The molecule has 0 unspecified atom stereocenters. The van der Waals surface area contributed by atoms with Crippen molar-refractivity contribution in [1.82, 2.24) is 20.4 Å². The Morgan fingerprint density at radius 2 is 2.04 bits per heavy atom. The number of H-pyrrole nitrogens is 1. The number of aryl methyl sites for hydroxylation is 2. The van der Waals surface area contributed by atoms with Crippen LogP contribution in [-0.4, -0.2) is 52.9 Å². The van der Waals surface area contributed by atoms with Gasteiger partial charge in [0.1, 0.15) is 5.69 Å². The number of benzene rings is 1. The number of alkyl halides is 3. The molecule has 1 aromatic carbocycles. The Labute approximate surface area is 143 Å². The maximum Gasteiger partial charge on any atom is 0.401 e. The lowest BCUT2D eigenvalue weighted by Gasteiger charge is -2.39. The van der Waals surface area contributed by atoms with E-state index in [1.54, 1.807) is 6.07 Å². The van der Waals surface area contributed by atoms with Crippen molar-refractivity contribution < 1.29 is 18.0 Å². The molecule has 134 valence electrons. The molecule has 0 aliphatic carbocycles. The highest BCUT2D eigenvalue weighted by Crippen LogP contribution is 2.23. The van der Waals surface area contributed by atoms with Crippen molar-refractivity contribution in [3.05, 3.63) is 41.1 Å². The summed E-state index contributed by atoms with van der Waals surface area (Å²) in [5, 5.41) is 9.58. The normalized spacial score (nSPS) is 15.9. The van der Waals surface area contributed by atoms with Crippen molar-refractivity contribution >= 4 is 5.91 Å². The molecule has 2 aromatic rings. The first kappa shape index (κ1) is 17.5. The number of rotatable bonds is 4. The molecule has 1 fully saturated rings. The van der Waals surface area contributed by atoms with E-state index in [1.807, 2.05) is 32.0 Å². The summed E-state index contributed by atoms with van der Waals surface area (Å²) >= 11 is 0. The summed E-state index contributed by atoms with van der Waals surface area (Å²) in [6.45, 7) is 3.42. The zero-order valence-electron chi connectivity index (χ0n) is 13.9. The van der Waals surface area contributed by atoms with E-state index in [1.165, 1.54) is 4.90 Å². The topological polar surface area (TPSA) is 61.0 Å². The number of hydrogen-bond donors (Lipinski definition) is 2. The average molecular weight is 352 g/mol. The van der Waals surface area contributed by atoms with Gasteiger partial charge >= 0.3 is 6.18 Å². The highest BCUT2D eigenvalue weighted by atomic mass is 19.4. The van der Waals surface area contributed by atoms with Crippen LogP contribution in [0.25, 0.3) is 11.3 Å². The van der Waals surface area contributed by atoms with Gasteiger partial charge in [-0.2, -0.15) is 18.3 Å². The van der Waals surface area contributed by atoms with E-state index in [9.17, 15) is 18.0 Å². The Morgan fingerprint density at radius 3 is 2.68 bits per heavy atom. The highest BCUT2D eigenvalue weighted by Gasteiger charge is 2.37. The fourth-order valence-corrected chi connectivity index (χ4v) is 2.98. The first-order valence-corrected chi connectivity index (χ1v) is 7.94. The van der Waals surface area contributed by atoms with E-state index in [0.29, 0.717) is 11.4 Å². The van der Waals surface area contributed by atoms with Crippen molar-refractivity contribution in [2.75, 3.05) is 19.6 Å². The molecule has 8 heteroatoms. The number of nitrogens with zero attached hydrogens (tertiary/aromatic N) is 2. The molecule has 0 radical (unpaired) electrons. The van der Waals surface area contributed by atoms with Crippen molar-refractivity contribution in [3.8, 4) is 11.3 Å². The van der Waals surface area contributed by atoms with Gasteiger partial charge in [0.05, 0.1) is 18.3 Å². The van der Waals surface area contributed by atoms with Gasteiger partial charge in [-0.15, -0.1) is 0 Å². The van der Waals surface area contributed by atoms with Gasteiger partial charge in [0.2, 0.25) is 0 Å². The molecule has 1 aliphatic rings. The molecule has 0 spiro atoms. The van der Waals surface area contributed by atoms with Gasteiger partial charge in [-0.3, -0.25) is 14.8 Å². The summed E-state index contributed by atoms with van der Waals surface area (Å²) in [5.74, 6) is -0.361. The summed E-state index contributed by atoms with van der Waals surface area (Å²) in [6, 6.07) is 7.33. The van der Waals surface area contributed by atoms with Crippen LogP contribution in [0.4, 0.5) is 13.2 Å². The zero-order valence-corrected chi connectivity index (χ0v) is 13.9. The van der Waals surface area contributed by atoms with E-state index in [2.05, 4.69) is 15.5 Å². The van der Waals surface area contributed by atoms with Crippen LogP contribution in [-0.2, 0) is 0 Å². The van der Waals surface area contributed by atoms with Gasteiger partial charge in [-0.1, -0.05) is 23.8 Å². The van der Waals surface area contributed by atoms with E-state index in [-0.39, 0.29) is 25.0 Å². The number of halogens is 3. The largest absolute Gasteiger partial charge is 0.401 e. The number of amides is 1. The summed E-state index contributed by atoms with van der Waals surface area (Å²) in [7, 11) is 0. The molecule has 5 nitrogen and oxygen atoms in total. The monoisotopic (exact) mass is 352 g/mol. The third-order valence-corrected chi connectivity index (χ3v) is 4.18. The molecule has 0 atom stereocenters. The molecule has 0 bridgehead atoms. The van der Waals surface area contributed by atoms with Crippen molar-refractivity contribution in [3.63, 3.8) is 0 Å². The number of carbonyl (C=O) groups excluding carboxylic acids is 1. The van der Waals surface area contributed by atoms with Gasteiger partial charge < -0.3 is 5.32 Å². The molecule has 1 saturated heterocycles. The van der Waals surface area contributed by atoms with Gasteiger partial charge in [-0.25, -0.2) is 0 Å². The predicted octanol–water partition coefficient (Wildman–Crippen LogP) is 2.67. The van der Waals surface area contributed by atoms with Crippen molar-refractivity contribution in [1.29, 1.82) is 0 Å². The molecule has 2 N–H and O–H groups in total. The highest BCUT2D eigenvalue weighted by molar-refractivity contribution is 5.93. The van der Waals surface area contributed by atoms with Crippen molar-refractivity contribution in [2.45, 2.75) is 26.1 Å². The fourth-order valence-electron chi connectivity index (χ4n) is 2.98. The smallest absolute Gasteiger partial charge is 0.345 e. The zero-order chi connectivity index (χ0) is 18.2. The third-order valence-electron chi connectivity index (χ3n) is 4.18. The first-order valence-electron chi connectivity index (χ1n) is 7.94. The molecule has 1 aromatic heterocycles. The molecule has 1 amide bonds. The first-order chi connectivity index (χ1) is 11.7. The molecule has 2 heterocycles. The molecular formula is C17H19F3N4O. The number of carbonyl (C=O) groups is 1. The van der Waals surface area contributed by atoms with E-state index in [0.717, 1.165) is 16.7 Å².